The zero-order chi connectivity index (χ0) is 36.3. The Morgan fingerprint density at radius 1 is 0.630 bits per heavy atom. The van der Waals surface area contributed by atoms with Crippen molar-refractivity contribution < 1.29 is 66.9 Å². The molecule has 1 rings (SSSR count). The summed E-state index contributed by atoms with van der Waals surface area (Å²) in [6, 6.07) is 0. The van der Waals surface area contributed by atoms with Gasteiger partial charge in [0.25, 0.3) is 0 Å². The van der Waals surface area contributed by atoms with Crippen LogP contribution in [0, 0.1) is 0 Å². The number of carbonyl (C=O) groups is 3. The van der Waals surface area contributed by atoms with E-state index in [4.69, 9.17) is 8.43 Å². The molecule has 1 aliphatic rings. The van der Waals surface area contributed by atoms with Crippen LogP contribution in [0.1, 0.15) is 19.8 Å². The molecule has 21 heteroatoms. The zero-order valence-corrected chi connectivity index (χ0v) is 30.1. The van der Waals surface area contributed by atoms with Gasteiger partial charge in [0.05, 0.1) is 6.54 Å². The quantitative estimate of drug-likeness (QED) is 0.157. The highest BCUT2D eigenvalue weighted by Crippen LogP contribution is 2.43. The van der Waals surface area contributed by atoms with E-state index in [0.29, 0.717) is 4.90 Å². The molecule has 0 radical (unpaired) electrons. The molecule has 270 valence electrons. The summed E-state index contributed by atoms with van der Waals surface area (Å²) in [4.78, 5) is 35.6. The fraction of sp³-hybridized carbons (Fsp3) is 0.840. The third-order valence-corrected chi connectivity index (χ3v) is 12.2. The van der Waals surface area contributed by atoms with Crippen LogP contribution in [0.3, 0.4) is 0 Å². The topological polar surface area (TPSA) is 82.4 Å². The second-order valence-corrected chi connectivity index (χ2v) is 23.5. The zero-order valence-electron chi connectivity index (χ0n) is 27.2. The van der Waals surface area contributed by atoms with Gasteiger partial charge in [-0.05, 0) is 45.7 Å². The Kier molecular flexibility index (Phi) is 17.4. The average Bonchev–Trinajstić information content (AvgIpc) is 2.86. The second kappa shape index (κ2) is 18.1. The van der Waals surface area contributed by atoms with Crippen molar-refractivity contribution in [2.45, 2.75) is 77.6 Å². The molecule has 9 nitrogen and oxygen atoms in total. The lowest BCUT2D eigenvalue weighted by Gasteiger charge is -2.30. The smallest absolute Gasteiger partial charge is 0.376 e. The Morgan fingerprint density at radius 3 is 1.26 bits per heavy atom. The van der Waals surface area contributed by atoms with Gasteiger partial charge in [-0.2, -0.15) is 39.5 Å². The van der Waals surface area contributed by atoms with Gasteiger partial charge in [-0.15, -0.1) is 0 Å². The lowest BCUT2D eigenvalue weighted by Crippen LogP contribution is -2.50. The molecule has 0 saturated carbocycles. The molecule has 1 saturated heterocycles. The number of carbonyl (C=O) groups excluding carboxylic acids is 3. The van der Waals surface area contributed by atoms with Crippen LogP contribution in [0.2, 0.25) is 39.3 Å². The average molecular weight is 740 g/mol. The first-order valence-electron chi connectivity index (χ1n) is 14.4. The minimum atomic E-state index is -5.40. The lowest BCUT2D eigenvalue weighted by atomic mass is 10.2. The van der Waals surface area contributed by atoms with E-state index in [1.165, 1.54) is 4.58 Å². The summed E-state index contributed by atoms with van der Waals surface area (Å²) in [5, 5.41) is 0. The Balaban J connectivity index is 0.00000131. The van der Waals surface area contributed by atoms with E-state index in [1.54, 1.807) is 0 Å². The molecule has 0 aromatic carbocycles. The molecule has 1 aliphatic heterocycles. The predicted molar refractivity (Wildman–Crippen MR) is 161 cm³/mol. The van der Waals surface area contributed by atoms with E-state index in [1.807, 2.05) is 0 Å². The van der Waals surface area contributed by atoms with Crippen LogP contribution in [0.4, 0.5) is 39.5 Å². The fourth-order valence-corrected chi connectivity index (χ4v) is 10.2. The molecule has 0 bridgehead atoms. The van der Waals surface area contributed by atoms with Crippen molar-refractivity contribution in [2.75, 3.05) is 58.5 Å². The highest BCUT2D eigenvalue weighted by Gasteiger charge is 2.45. The molecule has 1 fully saturated rings. The molecule has 0 N–H and O–H groups in total. The van der Waals surface area contributed by atoms with Gasteiger partial charge < -0.3 is 23.1 Å². The summed E-state index contributed by atoms with van der Waals surface area (Å²) in [7, 11) is -3.44. The van der Waals surface area contributed by atoms with Crippen molar-refractivity contribution in [1.29, 1.82) is 0 Å². The number of hydrogen-bond donors (Lipinski definition) is 0. The van der Waals surface area contributed by atoms with Crippen molar-refractivity contribution in [2.24, 2.45) is 0 Å². The summed E-state index contributed by atoms with van der Waals surface area (Å²) < 4.78 is 129. The molecule has 46 heavy (non-hydrogen) atoms. The third-order valence-electron chi connectivity index (χ3n) is 5.68. The van der Waals surface area contributed by atoms with E-state index in [2.05, 4.69) is 52.9 Å². The maximum absolute atomic E-state index is 12.9. The van der Waals surface area contributed by atoms with Crippen molar-refractivity contribution in [3.63, 3.8) is 0 Å². The van der Waals surface area contributed by atoms with E-state index < -0.39 is 107 Å². The first kappa shape index (κ1) is 44.2. The van der Waals surface area contributed by atoms with Crippen LogP contribution in [-0.2, 0) is 22.8 Å². The lowest BCUT2D eigenvalue weighted by molar-refractivity contribution is -0.519. The van der Waals surface area contributed by atoms with Crippen molar-refractivity contribution in [3.8, 4) is 0 Å². The number of hydrogen-bond acceptors (Lipinski definition) is 5. The maximum Gasteiger partial charge on any atom is 0.471 e. The molecule has 1 heterocycles. The minimum Gasteiger partial charge on any atom is -0.376 e. The van der Waals surface area contributed by atoms with E-state index in [0.717, 1.165) is 6.16 Å². The van der Waals surface area contributed by atoms with Crippen LogP contribution < -0.4 is 0 Å². The van der Waals surface area contributed by atoms with Gasteiger partial charge in [0.1, 0.15) is 21.6 Å². The monoisotopic (exact) mass is 739 g/mol. The summed E-state index contributed by atoms with van der Waals surface area (Å²) >= 11 is 0. The largest absolute Gasteiger partial charge is 0.471 e. The van der Waals surface area contributed by atoms with Gasteiger partial charge in [0.2, 0.25) is 0 Å². The number of alkyl halides is 9. The van der Waals surface area contributed by atoms with Crippen molar-refractivity contribution in [3.05, 3.63) is 0 Å². The number of amides is 3. The predicted octanol–water partition coefficient (Wildman–Crippen LogP) is 5.69. The van der Waals surface area contributed by atoms with Crippen LogP contribution in [0.25, 0.3) is 0 Å². The first-order valence-corrected chi connectivity index (χ1v) is 22.6. The van der Waals surface area contributed by atoms with E-state index in [9.17, 15) is 53.9 Å². The van der Waals surface area contributed by atoms with Gasteiger partial charge in [0.15, 0.2) is 23.2 Å². The molecule has 3 amide bonds. The molecule has 0 unspecified atom stereocenters. The van der Waals surface area contributed by atoms with Crippen LogP contribution in [0.5, 0.6) is 0 Å². The fourth-order valence-electron chi connectivity index (χ4n) is 3.79. The molecular formula is C25H45F9N4O5PSi2+. The van der Waals surface area contributed by atoms with Crippen molar-refractivity contribution in [1.82, 2.24) is 14.7 Å². The molecular weight excluding hydrogens is 694 g/mol. The van der Waals surface area contributed by atoms with Gasteiger partial charge in [-0.25, -0.2) is 4.58 Å². The molecule has 0 aromatic heterocycles. The van der Waals surface area contributed by atoms with Gasteiger partial charge >= 0.3 is 36.3 Å². The highest BCUT2D eigenvalue weighted by atomic mass is 31.2. The minimum absolute atomic E-state index is 0.0825. The summed E-state index contributed by atoms with van der Waals surface area (Å²) in [6.07, 6.45) is -15.6. The van der Waals surface area contributed by atoms with Crippen molar-refractivity contribution >= 4 is 49.4 Å². The SMILES string of the molecule is C=[N+]1CCCN(C(=O)C(F)(F)F)CCN(C(=O)C(F)(F)F)CCCN(C(=O)C(F)(F)F)CC1.CCP(O[Si](C)(C)C)O[Si](C)(C)C. The second-order valence-electron chi connectivity index (χ2n) is 12.3. The van der Waals surface area contributed by atoms with Gasteiger partial charge in [-0.3, -0.25) is 14.4 Å². The highest BCUT2D eigenvalue weighted by molar-refractivity contribution is 7.50. The molecule has 0 aliphatic carbocycles. The number of rotatable bonds is 5. The summed E-state index contributed by atoms with van der Waals surface area (Å²) in [5.74, 6) is -6.95. The Bertz CT molecular complexity index is 1000. The van der Waals surface area contributed by atoms with E-state index >= 15 is 0 Å². The Hall–Kier alpha value is -1.77. The Morgan fingerprint density at radius 2 is 0.957 bits per heavy atom. The first-order chi connectivity index (χ1) is 20.6. The maximum atomic E-state index is 12.9. The number of nitrogens with zero attached hydrogens (tertiary/aromatic N) is 4. The normalized spacial score (nSPS) is 17.3. The summed E-state index contributed by atoms with van der Waals surface area (Å²) in [5.41, 5.74) is 0. The van der Waals surface area contributed by atoms with E-state index in [-0.39, 0.29) is 29.3 Å². The standard InChI is InChI=1S/C17H22F9N4O3.C8H23O2PSi2/c1-27-4-2-5-29(13(32)16(21,22)23)10-11-30(14(33)17(24,25)26)7-3-6-28(9-8-27)12(31)15(18,19)20;1-8-11(9-12(2,3)4)10-13(5,6)7/h1-11H2;8H2,1-7H3/q+1;. The number of halogens is 9. The van der Waals surface area contributed by atoms with Crippen LogP contribution >= 0.6 is 8.38 Å². The molecule has 0 aromatic rings. The van der Waals surface area contributed by atoms with Crippen LogP contribution in [-0.4, -0.2) is 137 Å². The third kappa shape index (κ3) is 18.5. The van der Waals surface area contributed by atoms with Gasteiger partial charge in [0, 0.05) is 45.3 Å². The van der Waals surface area contributed by atoms with Gasteiger partial charge in [-0.1, -0.05) is 6.92 Å². The Labute approximate surface area is 267 Å². The molecule has 0 atom stereocenters. The summed E-state index contributed by atoms with van der Waals surface area (Å²) in [6.45, 7) is 14.3. The van der Waals surface area contributed by atoms with Crippen LogP contribution in [0.15, 0.2) is 0 Å². The molecule has 0 spiro atoms.